The minimum atomic E-state index is -3.53. The number of sulfonamides is 1. The fourth-order valence-corrected chi connectivity index (χ4v) is 4.32. The molecule has 3 rings (SSSR count). The molecule has 21 heavy (non-hydrogen) atoms. The number of nitrogens with two attached hydrogens (primary N) is 1. The van der Waals surface area contributed by atoms with Gasteiger partial charge in [0.1, 0.15) is 0 Å². The highest BCUT2D eigenvalue weighted by Crippen LogP contribution is 2.28. The lowest BCUT2D eigenvalue weighted by atomic mass is 9.99. The first-order valence-electron chi connectivity index (χ1n) is 6.60. The van der Waals surface area contributed by atoms with E-state index in [2.05, 4.69) is 0 Å². The van der Waals surface area contributed by atoms with Crippen LogP contribution in [0.3, 0.4) is 0 Å². The van der Waals surface area contributed by atoms with Crippen LogP contribution in [0.2, 0.25) is 5.02 Å². The molecular formula is C15H15ClN2O2S. The van der Waals surface area contributed by atoms with Gasteiger partial charge in [0, 0.05) is 23.8 Å². The molecule has 0 unspecified atom stereocenters. The molecule has 0 radical (unpaired) electrons. The molecule has 0 amide bonds. The van der Waals surface area contributed by atoms with Crippen LogP contribution in [0.5, 0.6) is 0 Å². The third-order valence-corrected chi connectivity index (χ3v) is 5.78. The summed E-state index contributed by atoms with van der Waals surface area (Å²) in [7, 11) is -3.53. The van der Waals surface area contributed by atoms with E-state index >= 15 is 0 Å². The molecule has 2 aromatic rings. The van der Waals surface area contributed by atoms with Gasteiger partial charge in [0.05, 0.1) is 4.90 Å². The van der Waals surface area contributed by atoms with Gasteiger partial charge in [-0.05, 0) is 41.8 Å². The molecule has 0 saturated carbocycles. The molecule has 0 aliphatic carbocycles. The first-order chi connectivity index (χ1) is 9.98. The van der Waals surface area contributed by atoms with Gasteiger partial charge >= 0.3 is 0 Å². The van der Waals surface area contributed by atoms with Gasteiger partial charge in [0.15, 0.2) is 0 Å². The number of hydrogen-bond acceptors (Lipinski definition) is 3. The Balaban J connectivity index is 1.95. The maximum Gasteiger partial charge on any atom is 0.243 e. The molecule has 110 valence electrons. The van der Waals surface area contributed by atoms with Gasteiger partial charge in [0.25, 0.3) is 0 Å². The van der Waals surface area contributed by atoms with E-state index in [0.717, 1.165) is 16.8 Å². The van der Waals surface area contributed by atoms with Gasteiger partial charge in [-0.15, -0.1) is 0 Å². The summed E-state index contributed by atoms with van der Waals surface area (Å²) in [6, 6.07) is 12.0. The van der Waals surface area contributed by atoms with Gasteiger partial charge in [-0.3, -0.25) is 0 Å². The minimum absolute atomic E-state index is 0.224. The molecule has 0 atom stereocenters. The first-order valence-corrected chi connectivity index (χ1v) is 8.42. The fourth-order valence-electron chi connectivity index (χ4n) is 2.59. The van der Waals surface area contributed by atoms with Gasteiger partial charge in [-0.1, -0.05) is 29.8 Å². The molecule has 0 spiro atoms. The predicted octanol–water partition coefficient (Wildman–Crippen LogP) is 2.67. The molecule has 2 N–H and O–H groups in total. The second-order valence-electron chi connectivity index (χ2n) is 5.03. The van der Waals surface area contributed by atoms with Gasteiger partial charge in [-0.2, -0.15) is 4.31 Å². The molecule has 4 nitrogen and oxygen atoms in total. The molecule has 1 aliphatic rings. The standard InChI is InChI=1S/C15H15ClN2O2S/c16-12-4-2-5-13(9-12)21(19,20)18-8-7-14-11(10-18)3-1-6-15(14)17/h1-6,9H,7-8,10,17H2. The number of nitrogen functional groups attached to an aromatic ring is 1. The van der Waals surface area contributed by atoms with Crippen molar-refractivity contribution in [2.24, 2.45) is 0 Å². The largest absolute Gasteiger partial charge is 0.398 e. The van der Waals surface area contributed by atoms with E-state index in [1.807, 2.05) is 18.2 Å². The molecule has 6 heteroatoms. The molecule has 0 fully saturated rings. The van der Waals surface area contributed by atoms with Gasteiger partial charge < -0.3 is 5.73 Å². The third-order valence-electron chi connectivity index (χ3n) is 3.70. The van der Waals surface area contributed by atoms with Crippen molar-refractivity contribution >= 4 is 27.3 Å². The Bertz CT molecular complexity index is 790. The maximum atomic E-state index is 12.7. The Morgan fingerprint density at radius 1 is 1.14 bits per heavy atom. The molecule has 1 heterocycles. The van der Waals surface area contributed by atoms with Crippen LogP contribution in [0.15, 0.2) is 47.4 Å². The van der Waals surface area contributed by atoms with Crippen molar-refractivity contribution in [1.82, 2.24) is 4.31 Å². The van der Waals surface area contributed by atoms with Gasteiger partial charge in [0.2, 0.25) is 10.0 Å². The van der Waals surface area contributed by atoms with E-state index in [-0.39, 0.29) is 4.90 Å². The summed E-state index contributed by atoms with van der Waals surface area (Å²) in [6.07, 6.45) is 0.627. The minimum Gasteiger partial charge on any atom is -0.398 e. The Morgan fingerprint density at radius 3 is 2.67 bits per heavy atom. The summed E-state index contributed by atoms with van der Waals surface area (Å²) >= 11 is 5.89. The lowest BCUT2D eigenvalue weighted by Gasteiger charge is -2.28. The summed E-state index contributed by atoms with van der Waals surface area (Å²) < 4.78 is 26.8. The highest BCUT2D eigenvalue weighted by atomic mass is 35.5. The lowest BCUT2D eigenvalue weighted by Crippen LogP contribution is -2.36. The van der Waals surface area contributed by atoms with Crippen LogP contribution in [-0.2, 0) is 23.0 Å². The summed E-state index contributed by atoms with van der Waals surface area (Å²) in [5.41, 5.74) is 8.69. The van der Waals surface area contributed by atoms with Crippen molar-refractivity contribution in [3.63, 3.8) is 0 Å². The average Bonchev–Trinajstić information content (AvgIpc) is 2.47. The summed E-state index contributed by atoms with van der Waals surface area (Å²) in [4.78, 5) is 0.224. The molecule has 2 aromatic carbocycles. The van der Waals surface area contributed by atoms with E-state index in [4.69, 9.17) is 17.3 Å². The Hall–Kier alpha value is -1.56. The van der Waals surface area contributed by atoms with Crippen molar-refractivity contribution in [3.05, 3.63) is 58.6 Å². The number of nitrogens with zero attached hydrogens (tertiary/aromatic N) is 1. The Labute approximate surface area is 129 Å². The van der Waals surface area contributed by atoms with Crippen LogP contribution in [0.4, 0.5) is 5.69 Å². The number of benzene rings is 2. The number of anilines is 1. The fraction of sp³-hybridized carbons (Fsp3) is 0.200. The van der Waals surface area contributed by atoms with E-state index in [0.29, 0.717) is 24.5 Å². The number of fused-ring (bicyclic) bond motifs is 1. The van der Waals surface area contributed by atoms with E-state index in [9.17, 15) is 8.42 Å². The quantitative estimate of drug-likeness (QED) is 0.865. The second-order valence-corrected chi connectivity index (χ2v) is 7.41. The first kappa shape index (κ1) is 14.4. The monoisotopic (exact) mass is 322 g/mol. The molecule has 1 aliphatic heterocycles. The van der Waals surface area contributed by atoms with E-state index in [1.54, 1.807) is 18.2 Å². The van der Waals surface area contributed by atoms with Crippen LogP contribution < -0.4 is 5.73 Å². The Kier molecular flexibility index (Phi) is 3.65. The maximum absolute atomic E-state index is 12.7. The van der Waals surface area contributed by atoms with Crippen LogP contribution in [-0.4, -0.2) is 19.3 Å². The summed E-state index contributed by atoms with van der Waals surface area (Å²) in [5.74, 6) is 0. The normalized spacial score (nSPS) is 15.7. The van der Waals surface area contributed by atoms with Crippen LogP contribution in [0, 0.1) is 0 Å². The lowest BCUT2D eigenvalue weighted by molar-refractivity contribution is 0.392. The molecule has 0 aromatic heterocycles. The summed E-state index contributed by atoms with van der Waals surface area (Å²) in [6.45, 7) is 0.769. The molecule has 0 saturated heterocycles. The summed E-state index contributed by atoms with van der Waals surface area (Å²) in [5, 5.41) is 0.415. The highest BCUT2D eigenvalue weighted by molar-refractivity contribution is 7.89. The second kappa shape index (κ2) is 5.33. The van der Waals surface area contributed by atoms with Crippen LogP contribution in [0.1, 0.15) is 11.1 Å². The zero-order chi connectivity index (χ0) is 15.0. The predicted molar refractivity (Wildman–Crippen MR) is 83.6 cm³/mol. The van der Waals surface area contributed by atoms with Crippen molar-refractivity contribution < 1.29 is 8.42 Å². The average molecular weight is 323 g/mol. The van der Waals surface area contributed by atoms with Crippen molar-refractivity contribution in [3.8, 4) is 0 Å². The zero-order valence-electron chi connectivity index (χ0n) is 11.3. The van der Waals surface area contributed by atoms with Crippen LogP contribution >= 0.6 is 11.6 Å². The van der Waals surface area contributed by atoms with Crippen LogP contribution in [0.25, 0.3) is 0 Å². The van der Waals surface area contributed by atoms with Crippen molar-refractivity contribution in [2.75, 3.05) is 12.3 Å². The Morgan fingerprint density at radius 2 is 1.90 bits per heavy atom. The van der Waals surface area contributed by atoms with E-state index in [1.165, 1.54) is 10.4 Å². The van der Waals surface area contributed by atoms with Gasteiger partial charge in [-0.25, -0.2) is 8.42 Å². The number of halogens is 1. The SMILES string of the molecule is Nc1cccc2c1CCN(S(=O)(=O)c1cccc(Cl)c1)C2. The molecular weight excluding hydrogens is 308 g/mol. The smallest absolute Gasteiger partial charge is 0.243 e. The third kappa shape index (κ3) is 2.64. The highest BCUT2D eigenvalue weighted by Gasteiger charge is 2.28. The van der Waals surface area contributed by atoms with Crippen molar-refractivity contribution in [1.29, 1.82) is 0 Å². The number of rotatable bonds is 2. The topological polar surface area (TPSA) is 63.4 Å². The van der Waals surface area contributed by atoms with Crippen molar-refractivity contribution in [2.45, 2.75) is 17.9 Å². The number of hydrogen-bond donors (Lipinski definition) is 1. The van der Waals surface area contributed by atoms with E-state index < -0.39 is 10.0 Å². The molecule has 0 bridgehead atoms. The zero-order valence-corrected chi connectivity index (χ0v) is 12.9.